The largest absolute Gasteiger partial charge is 0.448 e. The molecule has 0 aliphatic carbocycles. The van der Waals surface area contributed by atoms with Crippen LogP contribution in [-0.4, -0.2) is 51.9 Å². The summed E-state index contributed by atoms with van der Waals surface area (Å²) in [5, 5.41) is 2.91. The maximum atomic E-state index is 13.6. The number of thiophene rings is 1. The molecule has 0 radical (unpaired) electrons. The first-order valence-electron chi connectivity index (χ1n) is 11.2. The van der Waals surface area contributed by atoms with Gasteiger partial charge in [0, 0.05) is 35.9 Å². The molecule has 1 atom stereocenters. The number of fused-ring (bicyclic) bond motifs is 1. The molecule has 1 fully saturated rings. The van der Waals surface area contributed by atoms with E-state index >= 15 is 0 Å². The highest BCUT2D eigenvalue weighted by Crippen LogP contribution is 2.25. The van der Waals surface area contributed by atoms with Crippen LogP contribution in [0.15, 0.2) is 64.6 Å². The quantitative estimate of drug-likeness (QED) is 0.438. The summed E-state index contributed by atoms with van der Waals surface area (Å²) in [6, 6.07) is 16.0. The Morgan fingerprint density at radius 3 is 2.67 bits per heavy atom. The van der Waals surface area contributed by atoms with Crippen LogP contribution in [0.1, 0.15) is 33.4 Å². The van der Waals surface area contributed by atoms with E-state index < -0.39 is 0 Å². The molecule has 33 heavy (non-hydrogen) atoms. The lowest BCUT2D eigenvalue weighted by Crippen LogP contribution is -2.55. The average molecular weight is 462 g/mol. The van der Waals surface area contributed by atoms with Crippen molar-refractivity contribution >= 4 is 34.3 Å². The van der Waals surface area contributed by atoms with Crippen LogP contribution in [0.25, 0.3) is 11.1 Å². The highest BCUT2D eigenvalue weighted by atomic mass is 32.1. The van der Waals surface area contributed by atoms with Crippen LogP contribution in [0, 0.1) is 6.92 Å². The minimum absolute atomic E-state index is 0.0225. The summed E-state index contributed by atoms with van der Waals surface area (Å²) < 4.78 is 7.68. The zero-order valence-electron chi connectivity index (χ0n) is 18.9. The third-order valence-corrected chi connectivity index (χ3v) is 7.20. The fraction of sp³-hybridized carbons (Fsp3) is 0.308. The molecule has 4 aromatic rings. The molecule has 0 bridgehead atoms. The molecular formula is C26H27N3O3S. The van der Waals surface area contributed by atoms with E-state index in [0.29, 0.717) is 44.0 Å². The number of rotatable bonds is 5. The average Bonchev–Trinajstić information content (AvgIpc) is 3.54. The standard InChI is InChI=1S/C26H27N3O3S/c1-18-5-7-20(8-6-18)17-29-23(14-21-9-12-32-26(21)29)25(31)27-10-11-28(19(2)16-27)24(30)15-22-4-3-13-33-22/h3-9,12-14,19H,10-11,15-17H2,1-2H3/t19-/m0/s1. The molecule has 2 amide bonds. The smallest absolute Gasteiger partial charge is 0.270 e. The second kappa shape index (κ2) is 8.90. The van der Waals surface area contributed by atoms with E-state index in [1.165, 1.54) is 5.56 Å². The van der Waals surface area contributed by atoms with Crippen molar-refractivity contribution < 1.29 is 14.0 Å². The van der Waals surface area contributed by atoms with E-state index in [1.54, 1.807) is 17.6 Å². The van der Waals surface area contributed by atoms with Crippen molar-refractivity contribution in [1.82, 2.24) is 14.4 Å². The zero-order chi connectivity index (χ0) is 22.9. The molecule has 1 aromatic carbocycles. The first-order chi connectivity index (χ1) is 16.0. The van der Waals surface area contributed by atoms with Gasteiger partial charge in [0.05, 0.1) is 19.2 Å². The van der Waals surface area contributed by atoms with Gasteiger partial charge in [0.25, 0.3) is 5.91 Å². The number of piperazine rings is 1. The predicted octanol–water partition coefficient (Wildman–Crippen LogP) is 4.57. The van der Waals surface area contributed by atoms with E-state index in [-0.39, 0.29) is 17.9 Å². The van der Waals surface area contributed by atoms with Crippen LogP contribution in [0.3, 0.4) is 0 Å². The van der Waals surface area contributed by atoms with Crippen molar-refractivity contribution in [2.75, 3.05) is 19.6 Å². The number of hydrogen-bond acceptors (Lipinski definition) is 4. The lowest BCUT2D eigenvalue weighted by molar-refractivity contribution is -0.134. The number of aromatic nitrogens is 1. The topological polar surface area (TPSA) is 58.7 Å². The highest BCUT2D eigenvalue weighted by molar-refractivity contribution is 7.10. The summed E-state index contributed by atoms with van der Waals surface area (Å²) in [5.41, 5.74) is 3.64. The van der Waals surface area contributed by atoms with Gasteiger partial charge in [-0.25, -0.2) is 0 Å². The molecular weight excluding hydrogens is 434 g/mol. The molecule has 0 N–H and O–H groups in total. The third-order valence-electron chi connectivity index (χ3n) is 6.32. The van der Waals surface area contributed by atoms with E-state index in [4.69, 9.17) is 4.42 Å². The maximum absolute atomic E-state index is 13.6. The maximum Gasteiger partial charge on any atom is 0.270 e. The summed E-state index contributed by atoms with van der Waals surface area (Å²) in [4.78, 5) is 31.2. The molecule has 0 saturated carbocycles. The molecule has 0 unspecified atom stereocenters. The minimum Gasteiger partial charge on any atom is -0.448 e. The Bertz CT molecular complexity index is 1270. The summed E-state index contributed by atoms with van der Waals surface area (Å²) in [7, 11) is 0. The lowest BCUT2D eigenvalue weighted by Gasteiger charge is -2.40. The summed E-state index contributed by atoms with van der Waals surface area (Å²) in [6.07, 6.45) is 2.08. The molecule has 1 aliphatic heterocycles. The SMILES string of the molecule is Cc1ccc(Cn2c(C(=O)N3CCN(C(=O)Cc4cccs4)[C@@H](C)C3)cc3ccoc32)cc1. The normalized spacial score (nSPS) is 16.5. The van der Waals surface area contributed by atoms with E-state index in [1.807, 2.05) is 50.9 Å². The molecule has 1 aliphatic rings. The fourth-order valence-corrected chi connectivity index (χ4v) is 5.22. The van der Waals surface area contributed by atoms with Crippen molar-refractivity contribution in [3.63, 3.8) is 0 Å². The highest BCUT2D eigenvalue weighted by Gasteiger charge is 2.32. The van der Waals surface area contributed by atoms with Crippen LogP contribution in [0.5, 0.6) is 0 Å². The van der Waals surface area contributed by atoms with Gasteiger partial charge in [0.2, 0.25) is 11.6 Å². The fourth-order valence-electron chi connectivity index (χ4n) is 4.52. The van der Waals surface area contributed by atoms with Crippen molar-refractivity contribution in [3.8, 4) is 0 Å². The van der Waals surface area contributed by atoms with Crippen LogP contribution < -0.4 is 0 Å². The number of furan rings is 1. The molecule has 4 heterocycles. The summed E-state index contributed by atoms with van der Waals surface area (Å²) in [5.74, 6) is 0.100. The van der Waals surface area contributed by atoms with Gasteiger partial charge < -0.3 is 18.8 Å². The van der Waals surface area contributed by atoms with Gasteiger partial charge in [-0.3, -0.25) is 9.59 Å². The minimum atomic E-state index is -0.0290. The van der Waals surface area contributed by atoms with Crippen molar-refractivity contribution in [3.05, 3.63) is 81.9 Å². The van der Waals surface area contributed by atoms with Crippen LogP contribution in [0.2, 0.25) is 0 Å². The molecule has 5 rings (SSSR count). The first-order valence-corrected chi connectivity index (χ1v) is 12.1. The van der Waals surface area contributed by atoms with Gasteiger partial charge in [0.1, 0.15) is 5.69 Å². The Hall–Kier alpha value is -3.32. The Balaban J connectivity index is 1.33. The number of amides is 2. The second-order valence-electron chi connectivity index (χ2n) is 8.73. The van der Waals surface area contributed by atoms with Crippen molar-refractivity contribution in [1.29, 1.82) is 0 Å². The van der Waals surface area contributed by atoms with Crippen LogP contribution in [0.4, 0.5) is 0 Å². The summed E-state index contributed by atoms with van der Waals surface area (Å²) in [6.45, 7) is 6.23. The van der Waals surface area contributed by atoms with Gasteiger partial charge >= 0.3 is 0 Å². The number of hydrogen-bond donors (Lipinski definition) is 0. The number of carbonyl (C=O) groups is 2. The number of nitrogens with zero attached hydrogens (tertiary/aromatic N) is 3. The molecule has 3 aromatic heterocycles. The van der Waals surface area contributed by atoms with Crippen molar-refractivity contribution in [2.24, 2.45) is 0 Å². The molecule has 170 valence electrons. The zero-order valence-corrected chi connectivity index (χ0v) is 19.7. The Kier molecular flexibility index (Phi) is 5.81. The second-order valence-corrected chi connectivity index (χ2v) is 9.76. The third kappa shape index (κ3) is 4.33. The van der Waals surface area contributed by atoms with Crippen LogP contribution in [-0.2, 0) is 17.8 Å². The van der Waals surface area contributed by atoms with Gasteiger partial charge in [-0.15, -0.1) is 11.3 Å². The number of carbonyl (C=O) groups excluding carboxylic acids is 2. The van der Waals surface area contributed by atoms with E-state index in [2.05, 4.69) is 31.2 Å². The molecule has 1 saturated heterocycles. The van der Waals surface area contributed by atoms with E-state index in [0.717, 1.165) is 15.8 Å². The molecule has 7 heteroatoms. The van der Waals surface area contributed by atoms with Gasteiger partial charge in [-0.05, 0) is 43.0 Å². The Morgan fingerprint density at radius 1 is 1.12 bits per heavy atom. The summed E-state index contributed by atoms with van der Waals surface area (Å²) >= 11 is 1.60. The molecule has 6 nitrogen and oxygen atoms in total. The van der Waals surface area contributed by atoms with Crippen LogP contribution >= 0.6 is 11.3 Å². The number of benzene rings is 1. The predicted molar refractivity (Wildman–Crippen MR) is 130 cm³/mol. The Labute approximate surface area is 197 Å². The number of aryl methyl sites for hydroxylation is 1. The molecule has 0 spiro atoms. The van der Waals surface area contributed by atoms with Crippen molar-refractivity contribution in [2.45, 2.75) is 32.9 Å². The van der Waals surface area contributed by atoms with Gasteiger partial charge in [0.15, 0.2) is 0 Å². The van der Waals surface area contributed by atoms with Gasteiger partial charge in [-0.1, -0.05) is 35.9 Å². The Morgan fingerprint density at radius 2 is 1.94 bits per heavy atom. The van der Waals surface area contributed by atoms with Gasteiger partial charge in [-0.2, -0.15) is 0 Å². The first kappa shape index (κ1) is 21.5. The lowest BCUT2D eigenvalue weighted by atomic mass is 10.1. The van der Waals surface area contributed by atoms with E-state index in [9.17, 15) is 9.59 Å². The monoisotopic (exact) mass is 461 g/mol.